The number of fused-ring (bicyclic) bond motifs is 1. The molecule has 2 heterocycles. The molecule has 0 radical (unpaired) electrons. The molecule has 0 unspecified atom stereocenters. The van der Waals surface area contributed by atoms with Gasteiger partial charge in [0, 0.05) is 23.7 Å². The number of hydrogen-bond donors (Lipinski definition) is 2. The number of halogens is 5. The van der Waals surface area contributed by atoms with E-state index < -0.39 is 36.4 Å². The van der Waals surface area contributed by atoms with Gasteiger partial charge in [-0.3, -0.25) is 4.79 Å². The molecule has 1 amide bonds. The first-order valence-electron chi connectivity index (χ1n) is 8.37. The lowest BCUT2D eigenvalue weighted by atomic mass is 9.94. The number of ether oxygens (including phenoxy) is 1. The molecular weight excluding hydrogens is 385 g/mol. The Morgan fingerprint density at radius 2 is 2.00 bits per heavy atom. The van der Waals surface area contributed by atoms with E-state index >= 15 is 0 Å². The molecule has 0 aliphatic carbocycles. The minimum absolute atomic E-state index is 0.0000775. The van der Waals surface area contributed by atoms with Crippen molar-refractivity contribution in [1.82, 2.24) is 10.3 Å². The van der Waals surface area contributed by atoms with Crippen LogP contribution in [0.15, 0.2) is 24.3 Å². The van der Waals surface area contributed by atoms with Crippen LogP contribution in [0.25, 0.3) is 11.1 Å². The van der Waals surface area contributed by atoms with Crippen LogP contribution in [0.1, 0.15) is 22.5 Å². The van der Waals surface area contributed by atoms with Crippen molar-refractivity contribution >= 4 is 5.91 Å². The van der Waals surface area contributed by atoms with E-state index in [0.717, 1.165) is 6.07 Å². The summed E-state index contributed by atoms with van der Waals surface area (Å²) >= 11 is 0. The number of nitrogens with two attached hydrogens (primary N) is 1. The van der Waals surface area contributed by atoms with Gasteiger partial charge in [0.1, 0.15) is 23.4 Å². The minimum atomic E-state index is -4.35. The summed E-state index contributed by atoms with van der Waals surface area (Å²) in [7, 11) is 0. The molecule has 0 bridgehead atoms. The van der Waals surface area contributed by atoms with E-state index in [9.17, 15) is 26.7 Å². The molecule has 3 N–H and O–H groups in total. The third-order valence-corrected chi connectivity index (χ3v) is 4.25. The van der Waals surface area contributed by atoms with Crippen LogP contribution in [0, 0.1) is 11.6 Å². The van der Waals surface area contributed by atoms with Gasteiger partial charge in [-0.2, -0.15) is 13.2 Å². The summed E-state index contributed by atoms with van der Waals surface area (Å²) in [6.07, 6.45) is -4.29. The molecule has 1 aliphatic heterocycles. The van der Waals surface area contributed by atoms with Gasteiger partial charge in [-0.1, -0.05) is 0 Å². The molecule has 1 atom stereocenters. The summed E-state index contributed by atoms with van der Waals surface area (Å²) in [4.78, 5) is 15.6. The van der Waals surface area contributed by atoms with Crippen LogP contribution < -0.4 is 15.8 Å². The van der Waals surface area contributed by atoms with Crippen molar-refractivity contribution in [2.45, 2.75) is 25.1 Å². The second-order valence-corrected chi connectivity index (χ2v) is 6.35. The van der Waals surface area contributed by atoms with Gasteiger partial charge in [0.2, 0.25) is 5.88 Å². The Bertz CT molecular complexity index is 902. The van der Waals surface area contributed by atoms with Gasteiger partial charge in [-0.25, -0.2) is 13.8 Å². The minimum Gasteiger partial charge on any atom is -0.473 e. The number of primary amides is 1. The Hall–Kier alpha value is -2.75. The molecule has 150 valence electrons. The van der Waals surface area contributed by atoms with Crippen molar-refractivity contribution in [3.8, 4) is 17.0 Å². The zero-order valence-corrected chi connectivity index (χ0v) is 14.4. The van der Waals surface area contributed by atoms with Crippen LogP contribution >= 0.6 is 0 Å². The summed E-state index contributed by atoms with van der Waals surface area (Å²) in [5.41, 5.74) is 5.87. The zero-order chi connectivity index (χ0) is 20.5. The van der Waals surface area contributed by atoms with Gasteiger partial charge in [0.05, 0.1) is 6.54 Å². The maximum absolute atomic E-state index is 14.3. The fourth-order valence-electron chi connectivity index (χ4n) is 3.00. The van der Waals surface area contributed by atoms with Crippen molar-refractivity contribution in [1.29, 1.82) is 0 Å². The number of amides is 1. The number of alkyl halides is 3. The highest BCUT2D eigenvalue weighted by Crippen LogP contribution is 2.36. The standard InChI is InChI=1S/C18H16F5N3O2/c19-9-1-3-11(14(20)5-9)13-6-15(16(24)27)26-17-12(13)4-2-10(28-17)7-25-8-18(21,22)23/h1,3,5-6,10,25H,2,4,7-8H2,(H2,24,27)/t10-/m1/s1. The Morgan fingerprint density at radius 3 is 2.64 bits per heavy atom. The molecule has 0 saturated carbocycles. The van der Waals surface area contributed by atoms with Crippen molar-refractivity contribution in [3.05, 3.63) is 47.2 Å². The van der Waals surface area contributed by atoms with Crippen molar-refractivity contribution in [2.75, 3.05) is 13.1 Å². The number of benzene rings is 1. The number of carbonyl (C=O) groups is 1. The number of rotatable bonds is 5. The highest BCUT2D eigenvalue weighted by Gasteiger charge is 2.29. The maximum Gasteiger partial charge on any atom is 0.401 e. The lowest BCUT2D eigenvalue weighted by Crippen LogP contribution is -2.39. The summed E-state index contributed by atoms with van der Waals surface area (Å²) in [6.45, 7) is -1.25. The Kier molecular flexibility index (Phi) is 5.50. The molecule has 1 aliphatic rings. The number of hydrogen-bond acceptors (Lipinski definition) is 4. The van der Waals surface area contributed by atoms with Crippen molar-refractivity contribution in [2.24, 2.45) is 5.73 Å². The first-order valence-corrected chi connectivity index (χ1v) is 8.37. The van der Waals surface area contributed by atoms with Crippen LogP contribution in [-0.2, 0) is 6.42 Å². The largest absolute Gasteiger partial charge is 0.473 e. The van der Waals surface area contributed by atoms with Gasteiger partial charge in [0.15, 0.2) is 0 Å². The van der Waals surface area contributed by atoms with Crippen LogP contribution in [-0.4, -0.2) is 36.3 Å². The van der Waals surface area contributed by atoms with Crippen LogP contribution in [0.2, 0.25) is 0 Å². The molecule has 1 aromatic carbocycles. The summed E-state index contributed by atoms with van der Waals surface area (Å²) in [6, 6.07) is 4.30. The van der Waals surface area contributed by atoms with Crippen molar-refractivity contribution < 1.29 is 31.5 Å². The van der Waals surface area contributed by atoms with E-state index in [1.165, 1.54) is 12.1 Å². The summed E-state index contributed by atoms with van der Waals surface area (Å²) < 4.78 is 69.9. The second-order valence-electron chi connectivity index (χ2n) is 6.35. The predicted molar refractivity (Wildman–Crippen MR) is 89.8 cm³/mol. The molecule has 5 nitrogen and oxygen atoms in total. The van der Waals surface area contributed by atoms with Gasteiger partial charge in [-0.05, 0) is 36.6 Å². The number of nitrogens with zero attached hydrogens (tertiary/aromatic N) is 1. The zero-order valence-electron chi connectivity index (χ0n) is 14.4. The van der Waals surface area contributed by atoms with Gasteiger partial charge in [-0.15, -0.1) is 0 Å². The Labute approximate surface area is 156 Å². The van der Waals surface area contributed by atoms with E-state index in [1.807, 2.05) is 0 Å². The summed E-state index contributed by atoms with van der Waals surface area (Å²) in [5.74, 6) is -2.48. The molecule has 0 fully saturated rings. The first-order chi connectivity index (χ1) is 13.1. The SMILES string of the molecule is NC(=O)c1cc(-c2ccc(F)cc2F)c2c(n1)O[C@@H](CNCC(F)(F)F)CC2. The molecule has 0 saturated heterocycles. The van der Waals surface area contributed by atoms with E-state index in [-0.39, 0.29) is 29.2 Å². The van der Waals surface area contributed by atoms with E-state index in [1.54, 1.807) is 0 Å². The van der Waals surface area contributed by atoms with Gasteiger partial charge in [0.25, 0.3) is 5.91 Å². The fraction of sp³-hybridized carbons (Fsp3) is 0.333. The molecule has 28 heavy (non-hydrogen) atoms. The number of carbonyl (C=O) groups excluding carboxylic acids is 1. The lowest BCUT2D eigenvalue weighted by molar-refractivity contribution is -0.125. The van der Waals surface area contributed by atoms with E-state index in [4.69, 9.17) is 10.5 Å². The average molecular weight is 401 g/mol. The predicted octanol–water partition coefficient (Wildman–Crippen LogP) is 2.97. The van der Waals surface area contributed by atoms with E-state index in [0.29, 0.717) is 24.5 Å². The summed E-state index contributed by atoms with van der Waals surface area (Å²) in [5, 5.41) is 2.25. The third kappa shape index (κ3) is 4.56. The van der Waals surface area contributed by atoms with Crippen LogP contribution in [0.3, 0.4) is 0 Å². The van der Waals surface area contributed by atoms with E-state index in [2.05, 4.69) is 10.3 Å². The topological polar surface area (TPSA) is 77.2 Å². The quantitative estimate of drug-likeness (QED) is 0.756. The number of nitrogens with one attached hydrogen (secondary N) is 1. The average Bonchev–Trinajstić information content (AvgIpc) is 2.59. The second kappa shape index (κ2) is 7.70. The molecular formula is C18H16F5N3O2. The first kappa shape index (κ1) is 20.0. The van der Waals surface area contributed by atoms with Gasteiger partial charge < -0.3 is 15.8 Å². The monoisotopic (exact) mass is 401 g/mol. The highest BCUT2D eigenvalue weighted by atomic mass is 19.4. The Morgan fingerprint density at radius 1 is 1.25 bits per heavy atom. The fourth-order valence-corrected chi connectivity index (χ4v) is 3.00. The molecule has 0 spiro atoms. The number of pyridine rings is 1. The van der Waals surface area contributed by atoms with Crippen LogP contribution in [0.5, 0.6) is 5.88 Å². The third-order valence-electron chi connectivity index (χ3n) is 4.25. The Balaban J connectivity index is 1.92. The smallest absolute Gasteiger partial charge is 0.401 e. The lowest BCUT2D eigenvalue weighted by Gasteiger charge is -2.27. The van der Waals surface area contributed by atoms with Gasteiger partial charge >= 0.3 is 6.18 Å². The molecule has 10 heteroatoms. The number of aromatic nitrogens is 1. The molecule has 2 aromatic rings. The van der Waals surface area contributed by atoms with Crippen LogP contribution in [0.4, 0.5) is 22.0 Å². The normalized spacial score (nSPS) is 16.4. The molecule has 1 aromatic heterocycles. The highest BCUT2D eigenvalue weighted by molar-refractivity contribution is 5.93. The maximum atomic E-state index is 14.3. The molecule has 3 rings (SSSR count). The van der Waals surface area contributed by atoms with Crippen molar-refractivity contribution in [3.63, 3.8) is 0 Å².